The van der Waals surface area contributed by atoms with Crippen LogP contribution in [0.5, 0.6) is 0 Å². The van der Waals surface area contributed by atoms with Crippen molar-refractivity contribution in [2.45, 2.75) is 39.5 Å². The van der Waals surface area contributed by atoms with Gasteiger partial charge in [0.25, 0.3) is 0 Å². The Bertz CT molecular complexity index is 687. The van der Waals surface area contributed by atoms with Crippen molar-refractivity contribution in [2.75, 3.05) is 5.43 Å². The van der Waals surface area contributed by atoms with Gasteiger partial charge in [0.1, 0.15) is 0 Å². The summed E-state index contributed by atoms with van der Waals surface area (Å²) in [4.78, 5) is 8.96. The van der Waals surface area contributed by atoms with Gasteiger partial charge in [-0.2, -0.15) is 5.10 Å². The van der Waals surface area contributed by atoms with Gasteiger partial charge < -0.3 is 0 Å². The van der Waals surface area contributed by atoms with E-state index in [-0.39, 0.29) is 0 Å². The SMILES string of the molecule is CC(=NNc1nc(C)cc(C2CC2)n1)c1ccccc1C. The zero-order chi connectivity index (χ0) is 14.8. The summed E-state index contributed by atoms with van der Waals surface area (Å²) >= 11 is 0. The number of hydrazone groups is 1. The second-order valence-corrected chi connectivity index (χ2v) is 5.66. The molecule has 0 atom stereocenters. The first kappa shape index (κ1) is 13.7. The van der Waals surface area contributed by atoms with E-state index in [9.17, 15) is 0 Å². The molecule has 1 N–H and O–H groups in total. The fraction of sp³-hybridized carbons (Fsp3) is 0.353. The highest BCUT2D eigenvalue weighted by molar-refractivity contribution is 6.00. The Morgan fingerprint density at radius 1 is 1.19 bits per heavy atom. The maximum Gasteiger partial charge on any atom is 0.243 e. The molecule has 0 spiro atoms. The molecule has 0 saturated heterocycles. The predicted molar refractivity (Wildman–Crippen MR) is 85.8 cm³/mol. The van der Waals surface area contributed by atoms with Gasteiger partial charge in [0.15, 0.2) is 0 Å². The molecule has 1 fully saturated rings. The number of aryl methyl sites for hydroxylation is 2. The van der Waals surface area contributed by atoms with E-state index in [1.807, 2.05) is 26.0 Å². The van der Waals surface area contributed by atoms with Crippen LogP contribution in [-0.2, 0) is 0 Å². The number of nitrogens with one attached hydrogen (secondary N) is 1. The molecule has 0 amide bonds. The molecule has 1 aromatic carbocycles. The molecule has 0 aliphatic heterocycles. The van der Waals surface area contributed by atoms with Gasteiger partial charge in [-0.3, -0.25) is 0 Å². The van der Waals surface area contributed by atoms with Gasteiger partial charge in [-0.1, -0.05) is 24.3 Å². The lowest BCUT2D eigenvalue weighted by Crippen LogP contribution is -2.05. The van der Waals surface area contributed by atoms with Gasteiger partial charge >= 0.3 is 0 Å². The monoisotopic (exact) mass is 280 g/mol. The van der Waals surface area contributed by atoms with E-state index in [1.54, 1.807) is 0 Å². The van der Waals surface area contributed by atoms with Crippen LogP contribution in [0.15, 0.2) is 35.4 Å². The van der Waals surface area contributed by atoms with Crippen molar-refractivity contribution >= 4 is 11.7 Å². The summed E-state index contributed by atoms with van der Waals surface area (Å²) in [6.07, 6.45) is 2.47. The van der Waals surface area contributed by atoms with Gasteiger partial charge in [-0.25, -0.2) is 15.4 Å². The highest BCUT2D eigenvalue weighted by atomic mass is 15.4. The van der Waals surface area contributed by atoms with Crippen molar-refractivity contribution < 1.29 is 0 Å². The quantitative estimate of drug-likeness (QED) is 0.684. The largest absolute Gasteiger partial charge is 0.245 e. The maximum atomic E-state index is 4.55. The summed E-state index contributed by atoms with van der Waals surface area (Å²) in [5.41, 5.74) is 8.40. The molecule has 0 bridgehead atoms. The first-order chi connectivity index (χ1) is 10.1. The minimum absolute atomic E-state index is 0.588. The van der Waals surface area contributed by atoms with Crippen LogP contribution >= 0.6 is 0 Å². The molecule has 1 heterocycles. The normalized spacial score (nSPS) is 15.1. The van der Waals surface area contributed by atoms with Gasteiger partial charge in [0.05, 0.1) is 5.71 Å². The van der Waals surface area contributed by atoms with Crippen LogP contribution in [0.2, 0.25) is 0 Å². The second-order valence-electron chi connectivity index (χ2n) is 5.66. The number of hydrogen-bond donors (Lipinski definition) is 1. The average Bonchev–Trinajstić information content (AvgIpc) is 3.29. The molecule has 1 aromatic heterocycles. The number of hydrogen-bond acceptors (Lipinski definition) is 4. The van der Waals surface area contributed by atoms with E-state index in [4.69, 9.17) is 0 Å². The molecule has 2 aromatic rings. The smallest absolute Gasteiger partial charge is 0.243 e. The Kier molecular flexibility index (Phi) is 3.69. The zero-order valence-corrected chi connectivity index (χ0v) is 12.7. The van der Waals surface area contributed by atoms with Crippen molar-refractivity contribution in [3.8, 4) is 0 Å². The first-order valence-electron chi connectivity index (χ1n) is 7.35. The lowest BCUT2D eigenvalue weighted by Gasteiger charge is -2.07. The van der Waals surface area contributed by atoms with Crippen LogP contribution in [0, 0.1) is 13.8 Å². The number of benzene rings is 1. The lowest BCUT2D eigenvalue weighted by molar-refractivity contribution is 0.960. The molecule has 1 aliphatic rings. The number of nitrogens with zero attached hydrogens (tertiary/aromatic N) is 3. The summed E-state index contributed by atoms with van der Waals surface area (Å²) in [5, 5.41) is 4.43. The summed E-state index contributed by atoms with van der Waals surface area (Å²) in [6.45, 7) is 6.08. The van der Waals surface area contributed by atoms with Gasteiger partial charge in [-0.15, -0.1) is 0 Å². The van der Waals surface area contributed by atoms with Crippen molar-refractivity contribution in [3.05, 3.63) is 52.8 Å². The number of aromatic nitrogens is 2. The summed E-state index contributed by atoms with van der Waals surface area (Å²) in [5.74, 6) is 1.21. The lowest BCUT2D eigenvalue weighted by atomic mass is 10.1. The third kappa shape index (κ3) is 3.27. The highest BCUT2D eigenvalue weighted by Gasteiger charge is 2.25. The first-order valence-corrected chi connectivity index (χ1v) is 7.35. The summed E-state index contributed by atoms with van der Waals surface area (Å²) in [7, 11) is 0. The molecule has 0 radical (unpaired) electrons. The molecule has 4 nitrogen and oxygen atoms in total. The molecule has 3 rings (SSSR count). The number of rotatable bonds is 4. The van der Waals surface area contributed by atoms with Crippen molar-refractivity contribution in [2.24, 2.45) is 5.10 Å². The second kappa shape index (κ2) is 5.64. The maximum absolute atomic E-state index is 4.55. The topological polar surface area (TPSA) is 50.2 Å². The Balaban J connectivity index is 1.80. The third-order valence-corrected chi connectivity index (χ3v) is 3.73. The minimum atomic E-state index is 0.588. The standard InChI is InChI=1S/C17H20N4/c1-11-6-4-5-7-15(11)13(3)20-21-17-18-12(2)10-16(19-17)14-8-9-14/h4-7,10,14H,8-9H2,1-3H3,(H,18,19,21). The molecule has 1 saturated carbocycles. The summed E-state index contributed by atoms with van der Waals surface area (Å²) < 4.78 is 0. The third-order valence-electron chi connectivity index (χ3n) is 3.73. The van der Waals surface area contributed by atoms with Crippen LogP contribution in [-0.4, -0.2) is 15.7 Å². The molecule has 0 unspecified atom stereocenters. The molecule has 21 heavy (non-hydrogen) atoms. The molecule has 4 heteroatoms. The molecular formula is C17H20N4. The Hall–Kier alpha value is -2.23. The van der Waals surface area contributed by atoms with E-state index in [0.29, 0.717) is 11.9 Å². The molecule has 108 valence electrons. The van der Waals surface area contributed by atoms with E-state index in [1.165, 1.54) is 18.4 Å². The molecule has 1 aliphatic carbocycles. The van der Waals surface area contributed by atoms with Crippen molar-refractivity contribution in [1.82, 2.24) is 9.97 Å². The average molecular weight is 280 g/mol. The number of anilines is 1. The molecular weight excluding hydrogens is 260 g/mol. The minimum Gasteiger partial charge on any atom is -0.245 e. The van der Waals surface area contributed by atoms with Crippen molar-refractivity contribution in [1.29, 1.82) is 0 Å². The van der Waals surface area contributed by atoms with Gasteiger partial charge in [0, 0.05) is 22.9 Å². The van der Waals surface area contributed by atoms with E-state index >= 15 is 0 Å². The summed E-state index contributed by atoms with van der Waals surface area (Å²) in [6, 6.07) is 10.3. The van der Waals surface area contributed by atoms with Gasteiger partial charge in [-0.05, 0) is 45.2 Å². The highest BCUT2D eigenvalue weighted by Crippen LogP contribution is 2.39. The predicted octanol–water partition coefficient (Wildman–Crippen LogP) is 3.81. The van der Waals surface area contributed by atoms with Crippen LogP contribution in [0.3, 0.4) is 0 Å². The van der Waals surface area contributed by atoms with Crippen LogP contribution < -0.4 is 5.43 Å². The van der Waals surface area contributed by atoms with Crippen molar-refractivity contribution in [3.63, 3.8) is 0 Å². The fourth-order valence-electron chi connectivity index (χ4n) is 2.40. The zero-order valence-electron chi connectivity index (χ0n) is 12.7. The Labute approximate surface area is 125 Å². The van der Waals surface area contributed by atoms with Crippen LogP contribution in [0.4, 0.5) is 5.95 Å². The van der Waals surface area contributed by atoms with Crippen LogP contribution in [0.1, 0.15) is 48.2 Å². The van der Waals surface area contributed by atoms with Gasteiger partial charge in [0.2, 0.25) is 5.95 Å². The van der Waals surface area contributed by atoms with E-state index in [0.717, 1.165) is 22.7 Å². The van der Waals surface area contributed by atoms with E-state index in [2.05, 4.69) is 45.6 Å². The van der Waals surface area contributed by atoms with Crippen LogP contribution in [0.25, 0.3) is 0 Å². The fourth-order valence-corrected chi connectivity index (χ4v) is 2.40. The van der Waals surface area contributed by atoms with E-state index < -0.39 is 0 Å². The Morgan fingerprint density at radius 2 is 1.95 bits per heavy atom. The Morgan fingerprint density at radius 3 is 2.67 bits per heavy atom.